The lowest BCUT2D eigenvalue weighted by molar-refractivity contribution is -0.149. The van der Waals surface area contributed by atoms with E-state index < -0.39 is 11.5 Å². The first-order valence-electron chi connectivity index (χ1n) is 8.69. The normalized spacial score (nSPS) is 28.4. The third kappa shape index (κ3) is 2.41. The van der Waals surface area contributed by atoms with E-state index in [-0.39, 0.29) is 5.91 Å². The number of aryl methyl sites for hydroxylation is 1. The molecular formula is C18H24N4O2. The van der Waals surface area contributed by atoms with E-state index >= 15 is 0 Å². The molecule has 2 fully saturated rings. The number of nitrogens with zero attached hydrogens (tertiary/aromatic N) is 3. The van der Waals surface area contributed by atoms with Gasteiger partial charge in [-0.05, 0) is 31.4 Å². The van der Waals surface area contributed by atoms with Crippen molar-refractivity contribution in [1.82, 2.24) is 19.8 Å². The highest BCUT2D eigenvalue weighted by atomic mass is 16.3. The number of aromatic nitrogens is 2. The molecule has 0 aliphatic carbocycles. The number of carbonyl (C=O) groups is 1. The van der Waals surface area contributed by atoms with Crippen LogP contribution in [0.15, 0.2) is 24.3 Å². The second-order valence-electron chi connectivity index (χ2n) is 7.11. The van der Waals surface area contributed by atoms with Crippen LogP contribution in [0, 0.1) is 5.41 Å². The summed E-state index contributed by atoms with van der Waals surface area (Å²) < 4.78 is 2.12. The van der Waals surface area contributed by atoms with Crippen LogP contribution in [0.3, 0.4) is 0 Å². The molecule has 128 valence electrons. The highest BCUT2D eigenvalue weighted by Crippen LogP contribution is 2.37. The first-order valence-corrected chi connectivity index (χ1v) is 8.69. The van der Waals surface area contributed by atoms with Gasteiger partial charge in [-0.1, -0.05) is 12.1 Å². The van der Waals surface area contributed by atoms with Gasteiger partial charge < -0.3 is 15.0 Å². The van der Waals surface area contributed by atoms with E-state index in [4.69, 9.17) is 4.98 Å². The molecule has 1 spiro atoms. The number of hydrogen-bond acceptors (Lipinski definition) is 4. The van der Waals surface area contributed by atoms with Crippen LogP contribution in [0.2, 0.25) is 0 Å². The second kappa shape index (κ2) is 5.86. The average molecular weight is 328 g/mol. The Morgan fingerprint density at radius 3 is 3.04 bits per heavy atom. The smallest absolute Gasteiger partial charge is 0.230 e. The van der Waals surface area contributed by atoms with Gasteiger partial charge in [-0.15, -0.1) is 0 Å². The minimum absolute atomic E-state index is 0.0101. The van der Waals surface area contributed by atoms with E-state index in [1.54, 1.807) is 0 Å². The molecule has 0 unspecified atom stereocenters. The Morgan fingerprint density at radius 1 is 1.42 bits per heavy atom. The molecule has 0 radical (unpaired) electrons. The van der Waals surface area contributed by atoms with Crippen LogP contribution in [0.25, 0.3) is 11.0 Å². The summed E-state index contributed by atoms with van der Waals surface area (Å²) in [4.78, 5) is 19.5. The van der Waals surface area contributed by atoms with Crippen molar-refractivity contribution in [1.29, 1.82) is 0 Å². The van der Waals surface area contributed by atoms with Crippen LogP contribution in [0.5, 0.6) is 0 Å². The van der Waals surface area contributed by atoms with E-state index in [1.807, 2.05) is 25.2 Å². The third-order valence-corrected chi connectivity index (χ3v) is 5.64. The van der Waals surface area contributed by atoms with Crippen LogP contribution >= 0.6 is 0 Å². The molecule has 2 aliphatic heterocycles. The number of piperidine rings is 2. The van der Waals surface area contributed by atoms with Crippen molar-refractivity contribution >= 4 is 16.9 Å². The molecule has 2 N–H and O–H groups in total. The Balaban J connectivity index is 1.58. The maximum Gasteiger partial charge on any atom is 0.230 e. The molecule has 2 aromatic rings. The van der Waals surface area contributed by atoms with Gasteiger partial charge in [0.05, 0.1) is 29.1 Å². The number of imidazole rings is 1. The number of aliphatic hydroxyl groups excluding tert-OH is 1. The number of aliphatic hydroxyl groups is 1. The molecule has 2 aliphatic rings. The molecular weight excluding hydrogens is 304 g/mol. The molecule has 1 aromatic heterocycles. The molecule has 4 rings (SSSR count). The number of hydrogen-bond donors (Lipinski definition) is 2. The fourth-order valence-electron chi connectivity index (χ4n) is 4.20. The zero-order valence-corrected chi connectivity index (χ0v) is 14.0. The molecule has 24 heavy (non-hydrogen) atoms. The first kappa shape index (κ1) is 15.6. The molecule has 2 saturated heterocycles. The lowest BCUT2D eigenvalue weighted by Gasteiger charge is -2.46. The molecule has 1 amide bonds. The van der Waals surface area contributed by atoms with Gasteiger partial charge in [-0.3, -0.25) is 9.69 Å². The van der Waals surface area contributed by atoms with E-state index in [2.05, 4.69) is 20.9 Å². The van der Waals surface area contributed by atoms with Crippen molar-refractivity contribution < 1.29 is 9.90 Å². The van der Waals surface area contributed by atoms with E-state index in [1.165, 1.54) is 0 Å². The highest BCUT2D eigenvalue weighted by molar-refractivity contribution is 5.84. The zero-order valence-electron chi connectivity index (χ0n) is 14.0. The first-order chi connectivity index (χ1) is 11.6. The number of fused-ring (bicyclic) bond motifs is 1. The van der Waals surface area contributed by atoms with Gasteiger partial charge in [0.25, 0.3) is 0 Å². The zero-order chi connectivity index (χ0) is 16.7. The largest absolute Gasteiger partial charge is 0.392 e. The van der Waals surface area contributed by atoms with Gasteiger partial charge in [0.1, 0.15) is 5.82 Å². The summed E-state index contributed by atoms with van der Waals surface area (Å²) in [5.74, 6) is 1.01. The predicted molar refractivity (Wildman–Crippen MR) is 91.3 cm³/mol. The van der Waals surface area contributed by atoms with Crippen LogP contribution in [-0.2, 0) is 18.4 Å². The van der Waals surface area contributed by atoms with Gasteiger partial charge in [0.2, 0.25) is 5.91 Å². The number of rotatable bonds is 2. The van der Waals surface area contributed by atoms with Crippen molar-refractivity contribution in [3.8, 4) is 0 Å². The van der Waals surface area contributed by atoms with E-state index in [0.29, 0.717) is 19.5 Å². The molecule has 3 heterocycles. The van der Waals surface area contributed by atoms with Gasteiger partial charge in [-0.2, -0.15) is 0 Å². The SMILES string of the molecule is Cn1c(CN2CC[C@@H](O)[C@@]3(CCCNC3=O)C2)nc2ccccc21. The summed E-state index contributed by atoms with van der Waals surface area (Å²) in [5.41, 5.74) is 1.47. The maximum atomic E-state index is 12.5. The van der Waals surface area contributed by atoms with E-state index in [0.717, 1.165) is 42.8 Å². The Morgan fingerprint density at radius 2 is 2.25 bits per heavy atom. The molecule has 0 bridgehead atoms. The molecule has 6 nitrogen and oxygen atoms in total. The maximum absolute atomic E-state index is 12.5. The van der Waals surface area contributed by atoms with Gasteiger partial charge >= 0.3 is 0 Å². The fraction of sp³-hybridized carbons (Fsp3) is 0.556. The number of para-hydroxylation sites is 2. The van der Waals surface area contributed by atoms with Crippen molar-refractivity contribution in [2.45, 2.75) is 31.9 Å². The number of amides is 1. The summed E-state index contributed by atoms with van der Waals surface area (Å²) in [7, 11) is 2.03. The van der Waals surface area contributed by atoms with Crippen LogP contribution < -0.4 is 5.32 Å². The summed E-state index contributed by atoms with van der Waals surface area (Å²) in [6.45, 7) is 2.81. The quantitative estimate of drug-likeness (QED) is 0.864. The van der Waals surface area contributed by atoms with Gasteiger partial charge in [-0.25, -0.2) is 4.98 Å². The summed E-state index contributed by atoms with van der Waals surface area (Å²) in [6, 6.07) is 8.11. The van der Waals surface area contributed by atoms with Crippen LogP contribution in [0.4, 0.5) is 0 Å². The van der Waals surface area contributed by atoms with Crippen molar-refractivity contribution in [2.24, 2.45) is 12.5 Å². The number of carbonyl (C=O) groups excluding carboxylic acids is 1. The topological polar surface area (TPSA) is 70.4 Å². The Hall–Kier alpha value is -1.92. The molecule has 6 heteroatoms. The molecule has 0 saturated carbocycles. The standard InChI is InChI=1S/C18H24N4O2/c1-21-14-6-3-2-5-13(14)20-16(21)11-22-10-7-15(23)18(12-22)8-4-9-19-17(18)24/h2-3,5-6,15,23H,4,7-12H2,1H3,(H,19,24)/t15-,18-/m1/s1. The minimum Gasteiger partial charge on any atom is -0.392 e. The lowest BCUT2D eigenvalue weighted by atomic mass is 9.71. The number of benzene rings is 1. The summed E-state index contributed by atoms with van der Waals surface area (Å²) in [6.07, 6.45) is 1.79. The lowest BCUT2D eigenvalue weighted by Crippen LogP contribution is -2.61. The predicted octanol–water partition coefficient (Wildman–Crippen LogP) is 1.04. The average Bonchev–Trinajstić information content (AvgIpc) is 2.90. The Bertz CT molecular complexity index is 771. The summed E-state index contributed by atoms with van der Waals surface area (Å²) >= 11 is 0. The van der Waals surface area contributed by atoms with Crippen molar-refractivity contribution in [3.63, 3.8) is 0 Å². The van der Waals surface area contributed by atoms with Gasteiger partial charge in [0, 0.05) is 26.7 Å². The fourth-order valence-corrected chi connectivity index (χ4v) is 4.20. The van der Waals surface area contributed by atoms with E-state index in [9.17, 15) is 9.90 Å². The number of likely N-dealkylation sites (tertiary alicyclic amines) is 1. The number of nitrogens with one attached hydrogen (secondary N) is 1. The van der Waals surface area contributed by atoms with Gasteiger partial charge in [0.15, 0.2) is 0 Å². The monoisotopic (exact) mass is 328 g/mol. The minimum atomic E-state index is -0.652. The second-order valence-corrected chi connectivity index (χ2v) is 7.11. The Kier molecular flexibility index (Phi) is 3.81. The van der Waals surface area contributed by atoms with Crippen molar-refractivity contribution in [2.75, 3.05) is 19.6 Å². The van der Waals surface area contributed by atoms with Crippen LogP contribution in [-0.4, -0.2) is 51.2 Å². The summed E-state index contributed by atoms with van der Waals surface area (Å²) in [5, 5.41) is 13.4. The third-order valence-electron chi connectivity index (χ3n) is 5.64. The van der Waals surface area contributed by atoms with Crippen LogP contribution in [0.1, 0.15) is 25.1 Å². The highest BCUT2D eigenvalue weighted by Gasteiger charge is 2.49. The Labute approximate surface area is 141 Å². The molecule has 2 atom stereocenters. The van der Waals surface area contributed by atoms with Crippen molar-refractivity contribution in [3.05, 3.63) is 30.1 Å². The molecule has 1 aromatic carbocycles.